The zero-order chi connectivity index (χ0) is 26.9. The molecule has 0 unspecified atom stereocenters. The van der Waals surface area contributed by atoms with Gasteiger partial charge in [0, 0.05) is 45.4 Å². The van der Waals surface area contributed by atoms with E-state index in [0.717, 1.165) is 47.9 Å². The number of carbonyl (C=O) groups excluding carboxylic acids is 1. The smallest absolute Gasteiger partial charge is 0.407 e. The summed E-state index contributed by atoms with van der Waals surface area (Å²) >= 11 is 2.15. The fourth-order valence-electron chi connectivity index (χ4n) is 5.22. The molecular formula is C30H23IN4O4. The molecule has 0 radical (unpaired) electrons. The van der Waals surface area contributed by atoms with Gasteiger partial charge in [0.15, 0.2) is 5.82 Å². The zero-order valence-electron chi connectivity index (χ0n) is 20.6. The van der Waals surface area contributed by atoms with E-state index in [0.29, 0.717) is 5.82 Å². The number of H-pyrrole nitrogens is 1. The molecule has 8 nitrogen and oxygen atoms in total. The van der Waals surface area contributed by atoms with Crippen LogP contribution in [0.25, 0.3) is 33.4 Å². The molecule has 39 heavy (non-hydrogen) atoms. The molecule has 0 saturated carbocycles. The van der Waals surface area contributed by atoms with Gasteiger partial charge in [0.1, 0.15) is 12.6 Å². The van der Waals surface area contributed by atoms with E-state index in [4.69, 9.17) is 4.74 Å². The highest BCUT2D eigenvalue weighted by molar-refractivity contribution is 14.1. The number of nitrogens with zero attached hydrogens (tertiary/aromatic N) is 2. The third-order valence-corrected chi connectivity index (χ3v) is 7.58. The fraction of sp³-hybridized carbons (Fsp3) is 0.133. The lowest BCUT2D eigenvalue weighted by molar-refractivity contribution is -0.139. The summed E-state index contributed by atoms with van der Waals surface area (Å²) in [5, 5.41) is 13.3. The van der Waals surface area contributed by atoms with Crippen LogP contribution in [0, 0.1) is 3.57 Å². The largest absolute Gasteiger partial charge is 0.480 e. The van der Waals surface area contributed by atoms with Crippen molar-refractivity contribution in [2.45, 2.75) is 18.4 Å². The second kappa shape index (κ2) is 10.5. The van der Waals surface area contributed by atoms with Crippen LogP contribution < -0.4 is 5.32 Å². The van der Waals surface area contributed by atoms with E-state index in [1.807, 2.05) is 54.6 Å². The first-order valence-corrected chi connectivity index (χ1v) is 13.5. The third-order valence-electron chi connectivity index (χ3n) is 7.02. The van der Waals surface area contributed by atoms with E-state index >= 15 is 0 Å². The number of carbonyl (C=O) groups is 2. The van der Waals surface area contributed by atoms with Gasteiger partial charge in [-0.2, -0.15) is 0 Å². The molecule has 2 heterocycles. The average molecular weight is 630 g/mol. The van der Waals surface area contributed by atoms with Crippen LogP contribution >= 0.6 is 22.6 Å². The molecule has 3 aromatic carbocycles. The first kappa shape index (κ1) is 25.1. The Bertz CT molecular complexity index is 1650. The molecule has 0 saturated heterocycles. The number of fused-ring (bicyclic) bond motifs is 4. The number of para-hydroxylation sites is 1. The molecule has 2 aromatic heterocycles. The summed E-state index contributed by atoms with van der Waals surface area (Å²) in [6.07, 6.45) is 4.55. The van der Waals surface area contributed by atoms with E-state index < -0.39 is 18.1 Å². The Kier molecular flexibility index (Phi) is 6.74. The number of aromatic nitrogens is 3. The van der Waals surface area contributed by atoms with E-state index in [1.165, 1.54) is 0 Å². The van der Waals surface area contributed by atoms with Crippen molar-refractivity contribution in [3.05, 3.63) is 106 Å². The summed E-state index contributed by atoms with van der Waals surface area (Å²) < 4.78 is 6.51. The summed E-state index contributed by atoms with van der Waals surface area (Å²) in [5.74, 6) is -0.683. The maximum Gasteiger partial charge on any atom is 0.407 e. The van der Waals surface area contributed by atoms with Gasteiger partial charge in [-0.25, -0.2) is 19.6 Å². The van der Waals surface area contributed by atoms with Crippen LogP contribution in [0.15, 0.2) is 85.3 Å². The highest BCUT2D eigenvalue weighted by atomic mass is 127. The molecule has 5 aromatic rings. The van der Waals surface area contributed by atoms with Crippen LogP contribution in [-0.4, -0.2) is 44.8 Å². The molecule has 1 amide bonds. The van der Waals surface area contributed by atoms with Crippen LogP contribution in [0.2, 0.25) is 0 Å². The SMILES string of the molecule is O=C(N[C@@H](Cc1c[nH]c2c(-c3ncc(I)cn3)cccc12)C(=O)O)OCC1c2ccccc2-c2ccccc21. The first-order chi connectivity index (χ1) is 19.0. The molecule has 0 spiro atoms. The molecule has 0 bridgehead atoms. The van der Waals surface area contributed by atoms with Gasteiger partial charge < -0.3 is 20.1 Å². The topological polar surface area (TPSA) is 117 Å². The van der Waals surface area contributed by atoms with Crippen molar-refractivity contribution in [1.29, 1.82) is 0 Å². The van der Waals surface area contributed by atoms with Crippen molar-refractivity contribution in [2.75, 3.05) is 6.61 Å². The Morgan fingerprint density at radius 3 is 2.26 bits per heavy atom. The van der Waals surface area contributed by atoms with E-state index in [2.05, 4.69) is 55.0 Å². The molecule has 9 heteroatoms. The van der Waals surface area contributed by atoms with Gasteiger partial charge >= 0.3 is 12.1 Å². The monoisotopic (exact) mass is 630 g/mol. The Morgan fingerprint density at radius 2 is 1.59 bits per heavy atom. The second-order valence-corrected chi connectivity index (χ2v) is 10.6. The Hall–Kier alpha value is -4.25. The zero-order valence-corrected chi connectivity index (χ0v) is 22.8. The number of hydrogen-bond donors (Lipinski definition) is 3. The number of rotatable bonds is 7. The Balaban J connectivity index is 1.17. The summed E-state index contributed by atoms with van der Waals surface area (Å²) in [4.78, 5) is 36.9. The number of aliphatic carboxylic acids is 1. The van der Waals surface area contributed by atoms with Crippen LogP contribution in [0.1, 0.15) is 22.6 Å². The lowest BCUT2D eigenvalue weighted by Gasteiger charge is -2.17. The quantitative estimate of drug-likeness (QED) is 0.197. The van der Waals surface area contributed by atoms with E-state index in [9.17, 15) is 14.7 Å². The lowest BCUT2D eigenvalue weighted by Crippen LogP contribution is -2.42. The fourth-order valence-corrected chi connectivity index (χ4v) is 5.50. The molecule has 3 N–H and O–H groups in total. The van der Waals surface area contributed by atoms with Crippen molar-refractivity contribution >= 4 is 45.6 Å². The minimum atomic E-state index is -1.17. The van der Waals surface area contributed by atoms with Gasteiger partial charge in [-0.15, -0.1) is 0 Å². The second-order valence-electron chi connectivity index (χ2n) is 9.33. The van der Waals surface area contributed by atoms with Gasteiger partial charge in [0.2, 0.25) is 0 Å². The van der Waals surface area contributed by atoms with Crippen LogP contribution in [0.5, 0.6) is 0 Å². The highest BCUT2D eigenvalue weighted by Crippen LogP contribution is 2.44. The predicted octanol–water partition coefficient (Wildman–Crippen LogP) is 5.76. The number of carboxylic acid groups (broad SMARTS) is 1. The molecule has 0 aliphatic heterocycles. The van der Waals surface area contributed by atoms with Crippen LogP contribution in [-0.2, 0) is 16.0 Å². The maximum atomic E-state index is 12.8. The maximum absolute atomic E-state index is 12.8. The number of hydrogen-bond acceptors (Lipinski definition) is 5. The molecule has 1 aliphatic carbocycles. The lowest BCUT2D eigenvalue weighted by atomic mass is 9.98. The molecule has 6 rings (SSSR count). The van der Waals surface area contributed by atoms with E-state index in [1.54, 1.807) is 18.6 Å². The molecule has 194 valence electrons. The Morgan fingerprint density at radius 1 is 0.949 bits per heavy atom. The standard InChI is InChI=1S/C30H23IN4O4/c31-18-14-33-28(34-15-18)24-11-5-10-19-17(13-32-27(19)24)12-26(29(36)37)35-30(38)39-16-25-22-8-3-1-6-20(22)21-7-2-4-9-23(21)25/h1-11,13-15,25-26,32H,12,16H2,(H,35,38)(H,36,37)/t26-/m0/s1. The Labute approximate surface area is 237 Å². The van der Waals surface area contributed by atoms with Crippen molar-refractivity contribution in [3.8, 4) is 22.5 Å². The van der Waals surface area contributed by atoms with Gasteiger partial charge in [0.25, 0.3) is 0 Å². The van der Waals surface area contributed by atoms with E-state index in [-0.39, 0.29) is 18.9 Å². The number of aromatic amines is 1. The molecule has 1 aliphatic rings. The van der Waals surface area contributed by atoms with Gasteiger partial charge in [0.05, 0.1) is 5.52 Å². The van der Waals surface area contributed by atoms with Crippen LogP contribution in [0.3, 0.4) is 0 Å². The summed E-state index contributed by atoms with van der Waals surface area (Å²) in [6, 6.07) is 20.6. The number of amides is 1. The van der Waals surface area contributed by atoms with Gasteiger partial charge in [-0.3, -0.25) is 0 Å². The third kappa shape index (κ3) is 4.85. The van der Waals surface area contributed by atoms with Gasteiger partial charge in [-0.05, 0) is 56.5 Å². The number of benzene rings is 3. The summed E-state index contributed by atoms with van der Waals surface area (Å²) in [6.45, 7) is 0.110. The summed E-state index contributed by atoms with van der Waals surface area (Å²) in [5.41, 5.74) is 6.80. The minimum Gasteiger partial charge on any atom is -0.480 e. The molecular weight excluding hydrogens is 607 g/mol. The van der Waals surface area contributed by atoms with Gasteiger partial charge in [-0.1, -0.05) is 60.7 Å². The van der Waals surface area contributed by atoms with Crippen molar-refractivity contribution in [2.24, 2.45) is 0 Å². The number of carboxylic acids is 1. The predicted molar refractivity (Wildman–Crippen MR) is 155 cm³/mol. The number of ether oxygens (including phenoxy) is 1. The number of halogens is 1. The minimum absolute atomic E-state index is 0.0799. The summed E-state index contributed by atoms with van der Waals surface area (Å²) in [7, 11) is 0. The van der Waals surface area contributed by atoms with Crippen molar-refractivity contribution in [3.63, 3.8) is 0 Å². The average Bonchev–Trinajstić information content (AvgIpc) is 3.51. The molecule has 1 atom stereocenters. The number of alkyl carbamates (subject to hydrolysis) is 1. The highest BCUT2D eigenvalue weighted by Gasteiger charge is 2.30. The molecule has 0 fully saturated rings. The van der Waals surface area contributed by atoms with Crippen molar-refractivity contribution in [1.82, 2.24) is 20.3 Å². The normalized spacial score (nSPS) is 13.1. The van der Waals surface area contributed by atoms with Crippen LogP contribution in [0.4, 0.5) is 4.79 Å². The number of nitrogens with one attached hydrogen (secondary N) is 2. The first-order valence-electron chi connectivity index (χ1n) is 12.4. The van der Waals surface area contributed by atoms with Crippen molar-refractivity contribution < 1.29 is 19.4 Å².